The summed E-state index contributed by atoms with van der Waals surface area (Å²) in [7, 11) is 1.66. The monoisotopic (exact) mass is 353 g/mol. The van der Waals surface area contributed by atoms with E-state index in [0.29, 0.717) is 24.3 Å². The van der Waals surface area contributed by atoms with E-state index in [9.17, 15) is 9.59 Å². The van der Waals surface area contributed by atoms with E-state index in [-0.39, 0.29) is 11.8 Å². The first-order valence-corrected chi connectivity index (χ1v) is 8.63. The van der Waals surface area contributed by atoms with Crippen LogP contribution in [0.25, 0.3) is 0 Å². The highest BCUT2D eigenvalue weighted by Gasteiger charge is 2.21. The van der Waals surface area contributed by atoms with Crippen LogP contribution in [-0.2, 0) is 0 Å². The van der Waals surface area contributed by atoms with Crippen molar-refractivity contribution in [2.24, 2.45) is 0 Å². The molecule has 1 saturated heterocycles. The molecule has 0 aliphatic carbocycles. The molecule has 2 aromatic carbocycles. The van der Waals surface area contributed by atoms with E-state index in [4.69, 9.17) is 4.74 Å². The quantitative estimate of drug-likeness (QED) is 0.857. The number of ketones is 1. The van der Waals surface area contributed by atoms with Crippen LogP contribution in [0.15, 0.2) is 48.5 Å². The number of carbonyl (C=O) groups is 2. The molecule has 26 heavy (non-hydrogen) atoms. The zero-order valence-electron chi connectivity index (χ0n) is 15.1. The molecule has 0 saturated carbocycles. The zero-order chi connectivity index (χ0) is 18.5. The van der Waals surface area contributed by atoms with Crippen molar-refractivity contribution in [3.8, 4) is 5.75 Å². The number of nitrogens with zero attached hydrogens (tertiary/aromatic N) is 2. The van der Waals surface area contributed by atoms with Crippen molar-refractivity contribution in [3.05, 3.63) is 54.1 Å². The number of hydrogen-bond donors (Lipinski definition) is 1. The molecule has 0 spiro atoms. The molecule has 1 heterocycles. The minimum atomic E-state index is -0.143. The number of hydrogen-bond acceptors (Lipinski definition) is 4. The highest BCUT2D eigenvalue weighted by molar-refractivity contribution is 5.96. The van der Waals surface area contributed by atoms with Crippen molar-refractivity contribution in [1.29, 1.82) is 0 Å². The van der Waals surface area contributed by atoms with Gasteiger partial charge in [0.05, 0.1) is 7.11 Å². The minimum absolute atomic E-state index is 0.0204. The number of ether oxygens (including phenoxy) is 1. The summed E-state index contributed by atoms with van der Waals surface area (Å²) in [5, 5.41) is 2.88. The number of amides is 2. The first kappa shape index (κ1) is 17.8. The number of benzene rings is 2. The smallest absolute Gasteiger partial charge is 0.321 e. The number of nitrogens with one attached hydrogen (secondary N) is 1. The zero-order valence-corrected chi connectivity index (χ0v) is 15.1. The summed E-state index contributed by atoms with van der Waals surface area (Å²) in [6.45, 7) is 4.30. The molecule has 136 valence electrons. The molecule has 1 fully saturated rings. The molecule has 6 heteroatoms. The third kappa shape index (κ3) is 4.14. The van der Waals surface area contributed by atoms with Crippen LogP contribution in [0.2, 0.25) is 0 Å². The molecule has 2 aromatic rings. The summed E-state index contributed by atoms with van der Waals surface area (Å²) >= 11 is 0. The van der Waals surface area contributed by atoms with Gasteiger partial charge in [0.2, 0.25) is 0 Å². The van der Waals surface area contributed by atoms with Crippen LogP contribution in [-0.4, -0.2) is 50.0 Å². The lowest BCUT2D eigenvalue weighted by molar-refractivity contribution is 0.101. The molecule has 0 atom stereocenters. The second-order valence-corrected chi connectivity index (χ2v) is 6.24. The fourth-order valence-corrected chi connectivity index (χ4v) is 2.99. The van der Waals surface area contributed by atoms with Crippen molar-refractivity contribution >= 4 is 23.2 Å². The fraction of sp³-hybridized carbons (Fsp3) is 0.300. The number of piperazine rings is 1. The Kier molecular flexibility index (Phi) is 5.41. The summed E-state index contributed by atoms with van der Waals surface area (Å²) in [6, 6.07) is 14.8. The van der Waals surface area contributed by atoms with Gasteiger partial charge in [-0.1, -0.05) is 18.2 Å². The third-order valence-corrected chi connectivity index (χ3v) is 4.51. The second-order valence-electron chi connectivity index (χ2n) is 6.24. The van der Waals surface area contributed by atoms with E-state index in [2.05, 4.69) is 10.2 Å². The van der Waals surface area contributed by atoms with Crippen LogP contribution in [0.1, 0.15) is 17.3 Å². The Labute approximate surface area is 153 Å². The van der Waals surface area contributed by atoms with E-state index < -0.39 is 0 Å². The van der Waals surface area contributed by atoms with Crippen LogP contribution in [0.5, 0.6) is 5.75 Å². The summed E-state index contributed by atoms with van der Waals surface area (Å²) in [5.74, 6) is 0.807. The number of carbonyl (C=O) groups excluding carboxylic acids is 2. The molecule has 1 N–H and O–H groups in total. The average molecular weight is 353 g/mol. The first-order valence-electron chi connectivity index (χ1n) is 8.63. The largest absolute Gasteiger partial charge is 0.497 e. The Hall–Kier alpha value is -3.02. The van der Waals surface area contributed by atoms with Gasteiger partial charge in [0.1, 0.15) is 5.75 Å². The highest BCUT2D eigenvalue weighted by Crippen LogP contribution is 2.22. The van der Waals surface area contributed by atoms with Crippen molar-refractivity contribution in [2.75, 3.05) is 43.5 Å². The van der Waals surface area contributed by atoms with Gasteiger partial charge in [0.25, 0.3) is 0 Å². The number of rotatable bonds is 4. The summed E-state index contributed by atoms with van der Waals surface area (Å²) in [5.41, 5.74) is 2.32. The predicted octanol–water partition coefficient (Wildman–Crippen LogP) is 3.25. The van der Waals surface area contributed by atoms with E-state index in [1.54, 1.807) is 36.3 Å². The topological polar surface area (TPSA) is 61.9 Å². The molecule has 0 unspecified atom stereocenters. The van der Waals surface area contributed by atoms with Crippen LogP contribution < -0.4 is 15.0 Å². The van der Waals surface area contributed by atoms with Crippen molar-refractivity contribution in [3.63, 3.8) is 0 Å². The van der Waals surface area contributed by atoms with Gasteiger partial charge >= 0.3 is 6.03 Å². The average Bonchev–Trinajstić information content (AvgIpc) is 2.68. The Morgan fingerprint density at radius 1 is 1.00 bits per heavy atom. The normalized spacial score (nSPS) is 14.1. The van der Waals surface area contributed by atoms with E-state index >= 15 is 0 Å². The molecular formula is C20H23N3O3. The summed E-state index contributed by atoms with van der Waals surface area (Å²) in [6.07, 6.45) is 0. The van der Waals surface area contributed by atoms with Crippen LogP contribution in [0, 0.1) is 0 Å². The lowest BCUT2D eigenvalue weighted by Crippen LogP contribution is -2.50. The maximum absolute atomic E-state index is 12.5. The molecule has 0 aromatic heterocycles. The number of Topliss-reactive ketones (excluding diaryl/α,β-unsaturated/α-hetero) is 1. The molecule has 3 rings (SSSR count). The predicted molar refractivity (Wildman–Crippen MR) is 102 cm³/mol. The molecule has 1 aliphatic heterocycles. The fourth-order valence-electron chi connectivity index (χ4n) is 2.99. The van der Waals surface area contributed by atoms with Gasteiger partial charge < -0.3 is 19.9 Å². The number of urea groups is 1. The Morgan fingerprint density at radius 3 is 2.42 bits per heavy atom. The van der Waals surface area contributed by atoms with Gasteiger partial charge in [-0.15, -0.1) is 0 Å². The number of anilines is 2. The Balaban J connectivity index is 1.58. The first-order chi connectivity index (χ1) is 12.6. The molecule has 0 radical (unpaired) electrons. The van der Waals surface area contributed by atoms with Gasteiger partial charge in [-0.2, -0.15) is 0 Å². The van der Waals surface area contributed by atoms with Crippen molar-refractivity contribution in [2.45, 2.75) is 6.92 Å². The van der Waals surface area contributed by atoms with Crippen molar-refractivity contribution in [1.82, 2.24) is 4.90 Å². The molecule has 0 bridgehead atoms. The second kappa shape index (κ2) is 7.91. The van der Waals surface area contributed by atoms with Crippen LogP contribution in [0.3, 0.4) is 0 Å². The molecule has 6 nitrogen and oxygen atoms in total. The maximum Gasteiger partial charge on any atom is 0.321 e. The van der Waals surface area contributed by atoms with Gasteiger partial charge in [0, 0.05) is 49.2 Å². The Bertz CT molecular complexity index is 798. The van der Waals surface area contributed by atoms with Crippen LogP contribution >= 0.6 is 0 Å². The third-order valence-electron chi connectivity index (χ3n) is 4.51. The molecular weight excluding hydrogens is 330 g/mol. The highest BCUT2D eigenvalue weighted by atomic mass is 16.5. The standard InChI is InChI=1S/C20H23N3O3/c1-15(24)16-5-3-6-17(13-16)21-20(25)23-11-9-22(10-12-23)18-7-4-8-19(14-18)26-2/h3-8,13-14H,9-12H2,1-2H3,(H,21,25). The van der Waals surface area contributed by atoms with Gasteiger partial charge in [-0.25, -0.2) is 4.79 Å². The Morgan fingerprint density at radius 2 is 1.73 bits per heavy atom. The summed E-state index contributed by atoms with van der Waals surface area (Å²) < 4.78 is 5.27. The van der Waals surface area contributed by atoms with E-state index in [0.717, 1.165) is 24.5 Å². The van der Waals surface area contributed by atoms with Crippen LogP contribution in [0.4, 0.5) is 16.2 Å². The van der Waals surface area contributed by atoms with Crippen molar-refractivity contribution < 1.29 is 14.3 Å². The lowest BCUT2D eigenvalue weighted by atomic mass is 10.1. The van der Waals surface area contributed by atoms with Gasteiger partial charge in [0.15, 0.2) is 5.78 Å². The van der Waals surface area contributed by atoms with Gasteiger partial charge in [-0.3, -0.25) is 4.79 Å². The molecule has 2 amide bonds. The van der Waals surface area contributed by atoms with E-state index in [1.807, 2.05) is 24.3 Å². The summed E-state index contributed by atoms with van der Waals surface area (Å²) in [4.78, 5) is 28.0. The SMILES string of the molecule is COc1cccc(N2CCN(C(=O)Nc3cccc(C(C)=O)c3)CC2)c1. The molecule has 1 aliphatic rings. The lowest BCUT2D eigenvalue weighted by Gasteiger charge is -2.36. The number of methoxy groups -OCH3 is 1. The van der Waals surface area contributed by atoms with E-state index in [1.165, 1.54) is 6.92 Å². The maximum atomic E-state index is 12.5. The van der Waals surface area contributed by atoms with Gasteiger partial charge in [-0.05, 0) is 31.2 Å². The minimum Gasteiger partial charge on any atom is -0.497 e.